The highest BCUT2D eigenvalue weighted by Gasteiger charge is 2.31. The minimum atomic E-state index is 0.658. The lowest BCUT2D eigenvalue weighted by molar-refractivity contribution is -0.00540. The molecule has 2 aromatic heterocycles. The van der Waals surface area contributed by atoms with Crippen LogP contribution in [-0.2, 0) is 11.3 Å². The predicted octanol–water partition coefficient (Wildman–Crippen LogP) is 2.15. The molecule has 1 saturated heterocycles. The van der Waals surface area contributed by atoms with Crippen molar-refractivity contribution in [2.45, 2.75) is 45.2 Å². The third-order valence-electron chi connectivity index (χ3n) is 5.66. The minimum absolute atomic E-state index is 0.658. The fourth-order valence-electron chi connectivity index (χ4n) is 4.29. The summed E-state index contributed by atoms with van der Waals surface area (Å²) in [6, 6.07) is 0.663. The summed E-state index contributed by atoms with van der Waals surface area (Å²) < 4.78 is 7.59. The van der Waals surface area contributed by atoms with Gasteiger partial charge in [0.2, 0.25) is 0 Å². The summed E-state index contributed by atoms with van der Waals surface area (Å²) in [5.41, 5.74) is 1.79. The Morgan fingerprint density at radius 3 is 2.84 bits per heavy atom. The first-order valence-electron chi connectivity index (χ1n) is 9.58. The normalized spacial score (nSPS) is 25.3. The molecule has 0 amide bonds. The molecule has 7 nitrogen and oxygen atoms in total. The SMILES string of the molecule is CCn1cnc2c(NC[C@@H]3CCCC[C@@H]3N3CCOCC3)ncnc21. The molecule has 4 rings (SSSR count). The van der Waals surface area contributed by atoms with Gasteiger partial charge in [0.25, 0.3) is 0 Å². The molecule has 1 saturated carbocycles. The molecule has 0 spiro atoms. The van der Waals surface area contributed by atoms with Crippen molar-refractivity contribution in [2.24, 2.45) is 5.92 Å². The highest BCUT2D eigenvalue weighted by atomic mass is 16.5. The van der Waals surface area contributed by atoms with E-state index < -0.39 is 0 Å². The van der Waals surface area contributed by atoms with Crippen molar-refractivity contribution in [3.05, 3.63) is 12.7 Å². The van der Waals surface area contributed by atoms with Crippen molar-refractivity contribution in [3.8, 4) is 0 Å². The highest BCUT2D eigenvalue weighted by Crippen LogP contribution is 2.30. The lowest BCUT2D eigenvalue weighted by Gasteiger charge is -2.41. The van der Waals surface area contributed by atoms with Gasteiger partial charge in [-0.2, -0.15) is 0 Å². The molecule has 0 aromatic carbocycles. The van der Waals surface area contributed by atoms with Crippen LogP contribution in [0.5, 0.6) is 0 Å². The molecular weight excluding hydrogens is 316 g/mol. The van der Waals surface area contributed by atoms with Gasteiger partial charge in [0.1, 0.15) is 11.8 Å². The zero-order valence-electron chi connectivity index (χ0n) is 15.0. The van der Waals surface area contributed by atoms with Crippen molar-refractivity contribution in [1.29, 1.82) is 0 Å². The van der Waals surface area contributed by atoms with Crippen LogP contribution in [0.4, 0.5) is 5.82 Å². The zero-order chi connectivity index (χ0) is 17.1. The average Bonchev–Trinajstić information content (AvgIpc) is 3.11. The smallest absolute Gasteiger partial charge is 0.165 e. The number of nitrogens with one attached hydrogen (secondary N) is 1. The first-order chi connectivity index (χ1) is 12.4. The Morgan fingerprint density at radius 2 is 2.00 bits per heavy atom. The minimum Gasteiger partial charge on any atom is -0.379 e. The van der Waals surface area contributed by atoms with Crippen molar-refractivity contribution < 1.29 is 4.74 Å². The van der Waals surface area contributed by atoms with Crippen molar-refractivity contribution in [3.63, 3.8) is 0 Å². The van der Waals surface area contributed by atoms with Gasteiger partial charge in [0, 0.05) is 32.2 Å². The van der Waals surface area contributed by atoms with Crippen LogP contribution in [0.15, 0.2) is 12.7 Å². The number of aromatic nitrogens is 4. The number of imidazole rings is 1. The summed E-state index contributed by atoms with van der Waals surface area (Å²) in [6.07, 6.45) is 8.75. The van der Waals surface area contributed by atoms with E-state index in [9.17, 15) is 0 Å². The molecule has 2 fully saturated rings. The van der Waals surface area contributed by atoms with Crippen molar-refractivity contribution in [2.75, 3.05) is 38.2 Å². The van der Waals surface area contributed by atoms with Gasteiger partial charge in [-0.25, -0.2) is 15.0 Å². The van der Waals surface area contributed by atoms with Gasteiger partial charge >= 0.3 is 0 Å². The fourth-order valence-corrected chi connectivity index (χ4v) is 4.29. The number of nitrogens with zero attached hydrogens (tertiary/aromatic N) is 5. The van der Waals surface area contributed by atoms with Gasteiger partial charge in [-0.15, -0.1) is 0 Å². The maximum atomic E-state index is 5.53. The average molecular weight is 344 g/mol. The van der Waals surface area contributed by atoms with E-state index >= 15 is 0 Å². The second-order valence-corrected chi connectivity index (χ2v) is 7.07. The second-order valence-electron chi connectivity index (χ2n) is 7.07. The lowest BCUT2D eigenvalue weighted by atomic mass is 9.83. The number of fused-ring (bicyclic) bond motifs is 1. The number of hydrogen-bond acceptors (Lipinski definition) is 6. The summed E-state index contributed by atoms with van der Waals surface area (Å²) in [5, 5.41) is 3.58. The summed E-state index contributed by atoms with van der Waals surface area (Å²) in [5.74, 6) is 1.52. The number of rotatable bonds is 5. The number of hydrogen-bond donors (Lipinski definition) is 1. The summed E-state index contributed by atoms with van der Waals surface area (Å²) >= 11 is 0. The molecule has 0 bridgehead atoms. The molecule has 25 heavy (non-hydrogen) atoms. The van der Waals surface area contributed by atoms with Crippen LogP contribution < -0.4 is 5.32 Å². The maximum Gasteiger partial charge on any atom is 0.165 e. The quantitative estimate of drug-likeness (QED) is 0.896. The van der Waals surface area contributed by atoms with Gasteiger partial charge in [-0.1, -0.05) is 12.8 Å². The molecule has 1 aliphatic heterocycles. The van der Waals surface area contributed by atoms with Gasteiger partial charge in [0.15, 0.2) is 11.5 Å². The Morgan fingerprint density at radius 1 is 1.16 bits per heavy atom. The van der Waals surface area contributed by atoms with E-state index in [1.54, 1.807) is 6.33 Å². The van der Waals surface area contributed by atoms with E-state index in [4.69, 9.17) is 4.74 Å². The van der Waals surface area contributed by atoms with Crippen molar-refractivity contribution >= 4 is 17.0 Å². The topological polar surface area (TPSA) is 68.1 Å². The Kier molecular flexibility index (Phi) is 5.12. The molecule has 1 aliphatic carbocycles. The highest BCUT2D eigenvalue weighted by molar-refractivity contribution is 5.82. The van der Waals surface area contributed by atoms with E-state index in [1.165, 1.54) is 25.7 Å². The zero-order valence-corrected chi connectivity index (χ0v) is 15.0. The molecule has 2 aromatic rings. The Labute approximate surface area is 148 Å². The van der Waals surface area contributed by atoms with Crippen LogP contribution >= 0.6 is 0 Å². The van der Waals surface area contributed by atoms with Crippen LogP contribution in [0, 0.1) is 5.92 Å². The fraction of sp³-hybridized carbons (Fsp3) is 0.722. The third-order valence-corrected chi connectivity index (χ3v) is 5.66. The predicted molar refractivity (Wildman–Crippen MR) is 97.6 cm³/mol. The van der Waals surface area contributed by atoms with Gasteiger partial charge in [-0.05, 0) is 25.7 Å². The summed E-state index contributed by atoms with van der Waals surface area (Å²) in [6.45, 7) is 7.81. The molecule has 0 radical (unpaired) electrons. The molecule has 3 heterocycles. The van der Waals surface area contributed by atoms with E-state index in [0.29, 0.717) is 12.0 Å². The van der Waals surface area contributed by atoms with Crippen LogP contribution in [-0.4, -0.2) is 63.3 Å². The van der Waals surface area contributed by atoms with E-state index in [2.05, 4.69) is 36.7 Å². The largest absolute Gasteiger partial charge is 0.379 e. The van der Waals surface area contributed by atoms with E-state index in [-0.39, 0.29) is 0 Å². The van der Waals surface area contributed by atoms with Crippen LogP contribution in [0.3, 0.4) is 0 Å². The molecular formula is C18H28N6O. The standard InChI is InChI=1S/C18H28N6O/c1-2-23-13-22-16-17(20-12-21-18(16)23)19-11-14-5-3-4-6-15(14)24-7-9-25-10-8-24/h12-15H,2-11H2,1H3,(H,19,20,21)/t14-,15-/m0/s1. The molecule has 7 heteroatoms. The second kappa shape index (κ2) is 7.66. The third kappa shape index (κ3) is 3.48. The van der Waals surface area contributed by atoms with Gasteiger partial charge < -0.3 is 14.6 Å². The molecule has 2 atom stereocenters. The van der Waals surface area contributed by atoms with Crippen LogP contribution in [0.2, 0.25) is 0 Å². The van der Waals surface area contributed by atoms with Crippen molar-refractivity contribution in [1.82, 2.24) is 24.4 Å². The molecule has 1 N–H and O–H groups in total. The first-order valence-corrected chi connectivity index (χ1v) is 9.58. The van der Waals surface area contributed by atoms with E-state index in [0.717, 1.165) is 56.4 Å². The van der Waals surface area contributed by atoms with Crippen LogP contribution in [0.1, 0.15) is 32.6 Å². The number of morpholine rings is 1. The molecule has 0 unspecified atom stereocenters. The Balaban J connectivity index is 1.46. The number of aryl methyl sites for hydroxylation is 1. The molecule has 2 aliphatic rings. The maximum absolute atomic E-state index is 5.53. The summed E-state index contributed by atoms with van der Waals surface area (Å²) in [4.78, 5) is 16.0. The first kappa shape index (κ1) is 16.7. The Bertz CT molecular complexity index is 696. The number of ether oxygens (including phenoxy) is 1. The van der Waals surface area contributed by atoms with Crippen LogP contribution in [0.25, 0.3) is 11.2 Å². The van der Waals surface area contributed by atoms with Gasteiger partial charge in [-0.3, -0.25) is 4.90 Å². The summed E-state index contributed by atoms with van der Waals surface area (Å²) in [7, 11) is 0. The van der Waals surface area contributed by atoms with E-state index in [1.807, 2.05) is 6.33 Å². The number of anilines is 1. The van der Waals surface area contributed by atoms with Gasteiger partial charge in [0.05, 0.1) is 19.5 Å². The molecule has 136 valence electrons. The Hall–Kier alpha value is -1.73. The lowest BCUT2D eigenvalue weighted by Crippen LogP contribution is -2.49. The monoisotopic (exact) mass is 344 g/mol.